The topological polar surface area (TPSA) is 85.4 Å². The molecule has 1 amide bonds. The first-order chi connectivity index (χ1) is 20.9. The molecule has 1 saturated heterocycles. The summed E-state index contributed by atoms with van der Waals surface area (Å²) in [5, 5.41) is 12.7. The molecule has 3 heterocycles. The first-order valence-corrected chi connectivity index (χ1v) is 15.1. The van der Waals surface area contributed by atoms with Crippen LogP contribution in [0.5, 0.6) is 0 Å². The number of benzene rings is 3. The predicted octanol–water partition coefficient (Wildman–Crippen LogP) is 4.55. The molecule has 8 nitrogen and oxygen atoms in total. The smallest absolute Gasteiger partial charge is 0.251 e. The van der Waals surface area contributed by atoms with Gasteiger partial charge in [0.05, 0.1) is 17.6 Å². The van der Waals surface area contributed by atoms with Gasteiger partial charge in [-0.05, 0) is 79.3 Å². The Labute approximate surface area is 261 Å². The first kappa shape index (κ1) is 29.1. The number of nitrogens with one attached hydrogen (secondary N) is 3. The Bertz CT molecular complexity index is 1750. The molecule has 6 rings (SSSR count). The highest BCUT2D eigenvalue weighted by Crippen LogP contribution is 2.27. The average molecular weight is 615 g/mol. The van der Waals surface area contributed by atoms with Gasteiger partial charge in [-0.2, -0.15) is 0 Å². The number of carbonyl (C=O) groups is 1. The standard InChI is InChI=1S/C33H33Cl2N7O/c1-41-13-15-42(16-14-41)12-4-11-36-32(43)22-7-9-25(10-8-22)39-33-38-21-31-30(40-33)18-23-17-24(34)19-27(28(23)20-37-31)26-5-2-3-6-29(26)35/h2-3,5-10,17-21,37H,4,11-16H2,1H3,(H,36,43)(H,38,39,40). The van der Waals surface area contributed by atoms with Crippen molar-refractivity contribution in [3.63, 3.8) is 0 Å². The van der Waals surface area contributed by atoms with Gasteiger partial charge in [0.1, 0.15) is 0 Å². The normalized spacial score (nSPS) is 14.8. The van der Waals surface area contributed by atoms with Gasteiger partial charge in [-0.25, -0.2) is 9.97 Å². The Kier molecular flexibility index (Phi) is 8.90. The molecule has 3 N–H and O–H groups in total. The molecule has 0 unspecified atom stereocenters. The summed E-state index contributed by atoms with van der Waals surface area (Å²) in [6.45, 7) is 6.04. The van der Waals surface area contributed by atoms with Crippen molar-refractivity contribution in [2.75, 3.05) is 56.9 Å². The van der Waals surface area contributed by atoms with Crippen molar-refractivity contribution in [3.8, 4) is 11.1 Å². The zero-order valence-corrected chi connectivity index (χ0v) is 25.4. The van der Waals surface area contributed by atoms with E-state index >= 15 is 0 Å². The van der Waals surface area contributed by atoms with Crippen LogP contribution in [0.2, 0.25) is 10.0 Å². The summed E-state index contributed by atoms with van der Waals surface area (Å²) in [5.41, 5.74) is 4.70. The van der Waals surface area contributed by atoms with Crippen molar-refractivity contribution in [2.24, 2.45) is 0 Å². The van der Waals surface area contributed by atoms with Crippen LogP contribution in [0.15, 0.2) is 66.9 Å². The quantitative estimate of drug-likeness (QED) is 0.251. The van der Waals surface area contributed by atoms with Gasteiger partial charge in [0.2, 0.25) is 5.95 Å². The van der Waals surface area contributed by atoms with E-state index in [0.717, 1.165) is 72.1 Å². The fourth-order valence-electron chi connectivity index (χ4n) is 5.31. The van der Waals surface area contributed by atoms with Crippen LogP contribution in [0.1, 0.15) is 22.5 Å². The summed E-state index contributed by atoms with van der Waals surface area (Å²) in [4.78, 5) is 26.7. The molecule has 0 radical (unpaired) electrons. The Morgan fingerprint density at radius 3 is 2.58 bits per heavy atom. The third kappa shape index (κ3) is 7.00. The Hall–Kier alpha value is -3.95. The van der Waals surface area contributed by atoms with Gasteiger partial charge >= 0.3 is 0 Å². The molecule has 2 aliphatic rings. The molecule has 2 aliphatic heterocycles. The summed E-state index contributed by atoms with van der Waals surface area (Å²) in [6, 6.07) is 18.9. The molecule has 0 saturated carbocycles. The third-order valence-electron chi connectivity index (χ3n) is 7.76. The molecule has 0 atom stereocenters. The van der Waals surface area contributed by atoms with Gasteiger partial charge in [0.15, 0.2) is 0 Å². The molecule has 0 aliphatic carbocycles. The van der Waals surface area contributed by atoms with Crippen molar-refractivity contribution < 1.29 is 4.79 Å². The zero-order valence-electron chi connectivity index (χ0n) is 23.9. The fourth-order valence-corrected chi connectivity index (χ4v) is 5.77. The average Bonchev–Trinajstić information content (AvgIpc) is 3.19. The van der Waals surface area contributed by atoms with Crippen molar-refractivity contribution >= 4 is 58.7 Å². The minimum Gasteiger partial charge on any atom is -0.358 e. The van der Waals surface area contributed by atoms with E-state index < -0.39 is 0 Å². The highest BCUT2D eigenvalue weighted by atomic mass is 35.5. The number of rotatable bonds is 8. The van der Waals surface area contributed by atoms with Crippen LogP contribution in [-0.4, -0.2) is 72.0 Å². The number of likely N-dealkylation sites (N-methyl/N-ethyl adjacent to an activating group) is 1. The molecule has 4 aromatic rings. The van der Waals surface area contributed by atoms with Crippen molar-refractivity contribution in [1.29, 1.82) is 0 Å². The lowest BCUT2D eigenvalue weighted by molar-refractivity contribution is 0.0949. The number of piperazine rings is 1. The lowest BCUT2D eigenvalue weighted by Gasteiger charge is -2.32. The van der Waals surface area contributed by atoms with Gasteiger partial charge in [0.25, 0.3) is 5.91 Å². The van der Waals surface area contributed by atoms with Crippen LogP contribution in [-0.2, 0) is 0 Å². The molecule has 43 heavy (non-hydrogen) atoms. The Morgan fingerprint density at radius 2 is 1.79 bits per heavy atom. The SMILES string of the molecule is CN1CCN(CCCNC(=O)c2ccc(Nc3ncc4c(n3)C=c3cc(Cl)cc(-c5ccccc5Cl)c3=CN4)cc2)CC1. The Balaban J connectivity index is 1.12. The molecule has 1 fully saturated rings. The molecule has 0 bridgehead atoms. The van der Waals surface area contributed by atoms with Crippen LogP contribution in [0, 0.1) is 0 Å². The third-order valence-corrected chi connectivity index (χ3v) is 8.31. The van der Waals surface area contributed by atoms with E-state index in [1.165, 1.54) is 0 Å². The molecule has 220 valence electrons. The number of amides is 1. The molecule has 10 heteroatoms. The number of hydrogen-bond acceptors (Lipinski definition) is 7. The maximum atomic E-state index is 12.7. The summed E-state index contributed by atoms with van der Waals surface area (Å²) in [6.07, 6.45) is 6.59. The second kappa shape index (κ2) is 13.1. The molecular weight excluding hydrogens is 581 g/mol. The van der Waals surface area contributed by atoms with Crippen LogP contribution in [0.3, 0.4) is 0 Å². The van der Waals surface area contributed by atoms with E-state index in [4.69, 9.17) is 28.2 Å². The van der Waals surface area contributed by atoms with E-state index in [9.17, 15) is 4.79 Å². The summed E-state index contributed by atoms with van der Waals surface area (Å²) < 4.78 is 0. The van der Waals surface area contributed by atoms with Gasteiger partial charge in [-0.1, -0.05) is 41.4 Å². The fraction of sp³-hybridized carbons (Fsp3) is 0.242. The number of nitrogens with zero attached hydrogens (tertiary/aromatic N) is 4. The van der Waals surface area contributed by atoms with E-state index in [-0.39, 0.29) is 5.91 Å². The zero-order chi connectivity index (χ0) is 29.8. The highest BCUT2D eigenvalue weighted by molar-refractivity contribution is 6.33. The molecule has 3 aromatic carbocycles. The summed E-state index contributed by atoms with van der Waals surface area (Å²) in [7, 11) is 2.16. The van der Waals surface area contributed by atoms with Crippen LogP contribution in [0.4, 0.5) is 17.3 Å². The van der Waals surface area contributed by atoms with Gasteiger partial charge in [-0.3, -0.25) is 4.79 Å². The second-order valence-electron chi connectivity index (χ2n) is 10.8. The predicted molar refractivity (Wildman–Crippen MR) is 175 cm³/mol. The monoisotopic (exact) mass is 613 g/mol. The minimum atomic E-state index is -0.0726. The van der Waals surface area contributed by atoms with Crippen molar-refractivity contribution in [3.05, 3.63) is 98.6 Å². The summed E-state index contributed by atoms with van der Waals surface area (Å²) in [5.74, 6) is 0.367. The maximum absolute atomic E-state index is 12.7. The molecule has 1 aromatic heterocycles. The van der Waals surface area contributed by atoms with Gasteiger partial charge < -0.3 is 25.8 Å². The van der Waals surface area contributed by atoms with Gasteiger partial charge in [-0.15, -0.1) is 0 Å². The number of hydrogen-bond donors (Lipinski definition) is 3. The number of carbonyl (C=O) groups excluding carboxylic acids is 1. The number of anilines is 3. The van der Waals surface area contributed by atoms with Crippen molar-refractivity contribution in [1.82, 2.24) is 25.1 Å². The largest absolute Gasteiger partial charge is 0.358 e. The lowest BCUT2D eigenvalue weighted by Crippen LogP contribution is -2.45. The number of halogens is 2. The highest BCUT2D eigenvalue weighted by Gasteiger charge is 2.14. The van der Waals surface area contributed by atoms with Crippen LogP contribution >= 0.6 is 23.2 Å². The second-order valence-corrected chi connectivity index (χ2v) is 11.7. The van der Waals surface area contributed by atoms with E-state index in [1.807, 2.05) is 60.8 Å². The van der Waals surface area contributed by atoms with Crippen molar-refractivity contribution in [2.45, 2.75) is 6.42 Å². The maximum Gasteiger partial charge on any atom is 0.251 e. The number of fused-ring (bicyclic) bond motifs is 2. The van der Waals surface area contributed by atoms with E-state index in [1.54, 1.807) is 18.3 Å². The van der Waals surface area contributed by atoms with Gasteiger partial charge in [0, 0.05) is 71.0 Å². The van der Waals surface area contributed by atoms with E-state index in [2.05, 4.69) is 37.8 Å². The molecule has 0 spiro atoms. The lowest BCUT2D eigenvalue weighted by atomic mass is 10.0. The summed E-state index contributed by atoms with van der Waals surface area (Å²) >= 11 is 13.1. The molecular formula is C33H33Cl2N7O. The van der Waals surface area contributed by atoms with Crippen LogP contribution < -0.4 is 26.4 Å². The minimum absolute atomic E-state index is 0.0726. The van der Waals surface area contributed by atoms with Crippen LogP contribution in [0.25, 0.3) is 23.4 Å². The first-order valence-electron chi connectivity index (χ1n) is 14.4. The Morgan fingerprint density at radius 1 is 1.00 bits per heavy atom. The van der Waals surface area contributed by atoms with E-state index in [0.29, 0.717) is 33.8 Å². The number of aromatic nitrogens is 2.